The molecule has 1 N–H and O–H groups in total. The number of amides is 1. The van der Waals surface area contributed by atoms with Gasteiger partial charge in [-0.25, -0.2) is 8.42 Å². The van der Waals surface area contributed by atoms with E-state index in [1.54, 1.807) is 24.3 Å². The molecule has 0 spiro atoms. The zero-order chi connectivity index (χ0) is 22.8. The highest BCUT2D eigenvalue weighted by atomic mass is 32.2. The number of benzene rings is 3. The van der Waals surface area contributed by atoms with Crippen LogP contribution in [-0.2, 0) is 10.0 Å². The largest absolute Gasteiger partial charge is 0.346 e. The Morgan fingerprint density at radius 2 is 1.61 bits per heavy atom. The number of rotatable bonds is 6. The third-order valence-electron chi connectivity index (χ3n) is 5.50. The molecule has 0 aromatic heterocycles. The summed E-state index contributed by atoms with van der Waals surface area (Å²) in [6, 6.07) is 19.3. The summed E-state index contributed by atoms with van der Waals surface area (Å²) in [6.45, 7) is 7.90. The lowest BCUT2D eigenvalue weighted by atomic mass is 10.0. The molecule has 162 valence electrons. The summed E-state index contributed by atoms with van der Waals surface area (Å²) in [5.41, 5.74) is 5.18. The van der Waals surface area contributed by atoms with Gasteiger partial charge in [0.15, 0.2) is 0 Å². The van der Waals surface area contributed by atoms with Crippen LogP contribution in [0.4, 0.5) is 5.69 Å². The van der Waals surface area contributed by atoms with E-state index < -0.39 is 10.0 Å². The Morgan fingerprint density at radius 3 is 2.29 bits per heavy atom. The Morgan fingerprint density at radius 1 is 0.903 bits per heavy atom. The molecule has 0 fully saturated rings. The molecule has 0 radical (unpaired) electrons. The van der Waals surface area contributed by atoms with Crippen molar-refractivity contribution in [3.05, 3.63) is 94.5 Å². The second kappa shape index (κ2) is 8.94. The lowest BCUT2D eigenvalue weighted by Crippen LogP contribution is -2.28. The van der Waals surface area contributed by atoms with E-state index in [9.17, 15) is 13.2 Å². The minimum atomic E-state index is -3.80. The van der Waals surface area contributed by atoms with E-state index in [1.165, 1.54) is 29.0 Å². The summed E-state index contributed by atoms with van der Waals surface area (Å²) in [5, 5.41) is 2.96. The highest BCUT2D eigenvalue weighted by molar-refractivity contribution is 7.92. The normalized spacial score (nSPS) is 12.3. The van der Waals surface area contributed by atoms with Crippen molar-refractivity contribution in [2.75, 3.05) is 11.4 Å². The minimum Gasteiger partial charge on any atom is -0.346 e. The van der Waals surface area contributed by atoms with E-state index in [4.69, 9.17) is 0 Å². The van der Waals surface area contributed by atoms with E-state index in [2.05, 4.69) is 11.4 Å². The smallest absolute Gasteiger partial charge is 0.264 e. The van der Waals surface area contributed by atoms with Crippen molar-refractivity contribution >= 4 is 21.6 Å². The van der Waals surface area contributed by atoms with Gasteiger partial charge in [-0.1, -0.05) is 36.4 Å². The van der Waals surface area contributed by atoms with Gasteiger partial charge in [-0.2, -0.15) is 0 Å². The summed E-state index contributed by atoms with van der Waals surface area (Å²) < 4.78 is 27.5. The number of sulfonamides is 1. The first-order valence-electron chi connectivity index (χ1n) is 10.1. The molecule has 3 aromatic rings. The Bertz CT molecular complexity index is 1220. The van der Waals surface area contributed by atoms with Crippen molar-refractivity contribution in [3.63, 3.8) is 0 Å². The van der Waals surface area contributed by atoms with Crippen molar-refractivity contribution in [2.24, 2.45) is 0 Å². The first kappa shape index (κ1) is 22.6. The molecule has 5 nitrogen and oxygen atoms in total. The summed E-state index contributed by atoms with van der Waals surface area (Å²) in [7, 11) is -2.29. The Hall–Kier alpha value is -3.12. The van der Waals surface area contributed by atoms with Crippen molar-refractivity contribution in [2.45, 2.75) is 38.6 Å². The van der Waals surface area contributed by atoms with Gasteiger partial charge < -0.3 is 5.32 Å². The maximum atomic E-state index is 13.1. The topological polar surface area (TPSA) is 66.5 Å². The fourth-order valence-corrected chi connectivity index (χ4v) is 4.55. The number of aryl methyl sites for hydroxylation is 3. The predicted octanol–water partition coefficient (Wildman–Crippen LogP) is 4.93. The standard InChI is InChI=1S/C25H28N2O3S/c1-17-8-6-10-23(14-17)27(5)31(29,30)24-11-7-9-22(16-24)25(28)26-20(4)21-13-12-18(2)19(3)15-21/h6-16,20H,1-5H3,(H,26,28)/t20-/m0/s1. The first-order valence-corrected chi connectivity index (χ1v) is 11.6. The van der Waals surface area contributed by atoms with Gasteiger partial charge in [0.05, 0.1) is 16.6 Å². The molecule has 3 rings (SSSR count). The molecular formula is C25H28N2O3S. The van der Waals surface area contributed by atoms with E-state index in [1.807, 2.05) is 52.0 Å². The zero-order valence-corrected chi connectivity index (χ0v) is 19.3. The average molecular weight is 437 g/mol. The third-order valence-corrected chi connectivity index (χ3v) is 7.28. The van der Waals surface area contributed by atoms with Crippen LogP contribution in [0.25, 0.3) is 0 Å². The van der Waals surface area contributed by atoms with Crippen LogP contribution in [0.5, 0.6) is 0 Å². The molecule has 6 heteroatoms. The van der Waals surface area contributed by atoms with Crippen LogP contribution < -0.4 is 9.62 Å². The summed E-state index contributed by atoms with van der Waals surface area (Å²) >= 11 is 0. The fourth-order valence-electron chi connectivity index (χ4n) is 3.32. The molecule has 0 aliphatic heterocycles. The highest BCUT2D eigenvalue weighted by Gasteiger charge is 2.23. The molecule has 0 saturated carbocycles. The van der Waals surface area contributed by atoms with Crippen LogP contribution in [0.2, 0.25) is 0 Å². The quantitative estimate of drug-likeness (QED) is 0.596. The van der Waals surface area contributed by atoms with E-state index >= 15 is 0 Å². The van der Waals surface area contributed by atoms with Crippen LogP contribution in [0.15, 0.2) is 71.6 Å². The highest BCUT2D eigenvalue weighted by Crippen LogP contribution is 2.24. The van der Waals surface area contributed by atoms with Gasteiger partial charge in [0.2, 0.25) is 0 Å². The predicted molar refractivity (Wildman–Crippen MR) is 125 cm³/mol. The molecule has 3 aromatic carbocycles. The second-order valence-corrected chi connectivity index (χ2v) is 9.85. The van der Waals surface area contributed by atoms with E-state index in [0.717, 1.165) is 16.7 Å². The molecule has 0 heterocycles. The van der Waals surface area contributed by atoms with Gasteiger partial charge in [-0.15, -0.1) is 0 Å². The lowest BCUT2D eigenvalue weighted by Gasteiger charge is -2.20. The van der Waals surface area contributed by atoms with Gasteiger partial charge in [0.1, 0.15) is 0 Å². The molecule has 0 saturated heterocycles. The first-order chi connectivity index (χ1) is 14.6. The van der Waals surface area contributed by atoms with Crippen LogP contribution in [-0.4, -0.2) is 21.4 Å². The average Bonchev–Trinajstić information content (AvgIpc) is 2.75. The van der Waals surface area contributed by atoms with Crippen molar-refractivity contribution in [1.29, 1.82) is 0 Å². The van der Waals surface area contributed by atoms with Gasteiger partial charge in [0.25, 0.3) is 15.9 Å². The van der Waals surface area contributed by atoms with E-state index in [0.29, 0.717) is 11.3 Å². The molecule has 1 atom stereocenters. The Labute approximate surface area is 184 Å². The van der Waals surface area contributed by atoms with Crippen LogP contribution in [0, 0.1) is 20.8 Å². The summed E-state index contributed by atoms with van der Waals surface area (Å²) in [5.74, 6) is -0.319. The number of nitrogens with zero attached hydrogens (tertiary/aromatic N) is 1. The monoisotopic (exact) mass is 436 g/mol. The Balaban J connectivity index is 1.83. The molecular weight excluding hydrogens is 408 g/mol. The minimum absolute atomic E-state index is 0.0722. The summed E-state index contributed by atoms with van der Waals surface area (Å²) in [6.07, 6.45) is 0. The molecule has 0 bridgehead atoms. The van der Waals surface area contributed by atoms with Gasteiger partial charge >= 0.3 is 0 Å². The van der Waals surface area contributed by atoms with Gasteiger partial charge in [-0.3, -0.25) is 9.10 Å². The van der Waals surface area contributed by atoms with Crippen LogP contribution in [0.3, 0.4) is 0 Å². The molecule has 0 aliphatic carbocycles. The van der Waals surface area contributed by atoms with Crippen LogP contribution in [0.1, 0.15) is 45.6 Å². The molecule has 31 heavy (non-hydrogen) atoms. The fraction of sp³-hybridized carbons (Fsp3) is 0.240. The molecule has 1 amide bonds. The van der Waals surface area contributed by atoms with Gasteiger partial charge in [-0.05, 0) is 80.3 Å². The SMILES string of the molecule is Cc1cccc(N(C)S(=O)(=O)c2cccc(C(=O)N[C@@H](C)c3ccc(C)c(C)c3)c2)c1. The summed E-state index contributed by atoms with van der Waals surface area (Å²) in [4.78, 5) is 12.9. The number of nitrogens with one attached hydrogen (secondary N) is 1. The van der Waals surface area contributed by atoms with Crippen molar-refractivity contribution < 1.29 is 13.2 Å². The third kappa shape index (κ3) is 4.97. The number of hydrogen-bond acceptors (Lipinski definition) is 3. The number of anilines is 1. The van der Waals surface area contributed by atoms with Gasteiger partial charge in [0, 0.05) is 12.6 Å². The number of carbonyl (C=O) groups is 1. The maximum Gasteiger partial charge on any atom is 0.264 e. The number of carbonyl (C=O) groups excluding carboxylic acids is 1. The van der Waals surface area contributed by atoms with Crippen molar-refractivity contribution in [3.8, 4) is 0 Å². The zero-order valence-electron chi connectivity index (χ0n) is 18.5. The van der Waals surface area contributed by atoms with E-state index in [-0.39, 0.29) is 16.8 Å². The second-order valence-electron chi connectivity index (χ2n) is 7.88. The van der Waals surface area contributed by atoms with Crippen LogP contribution >= 0.6 is 0 Å². The van der Waals surface area contributed by atoms with Crippen molar-refractivity contribution in [1.82, 2.24) is 5.32 Å². The maximum absolute atomic E-state index is 13.1. The number of hydrogen-bond donors (Lipinski definition) is 1. The molecule has 0 unspecified atom stereocenters. The lowest BCUT2D eigenvalue weighted by molar-refractivity contribution is 0.0939. The molecule has 0 aliphatic rings. The Kier molecular flexibility index (Phi) is 6.51.